The van der Waals surface area contributed by atoms with Crippen molar-refractivity contribution >= 4 is 12.1 Å². The number of carboxylic acid groups (broad SMARTS) is 1. The summed E-state index contributed by atoms with van der Waals surface area (Å²) in [4.78, 5) is 25.5. The molecule has 0 aliphatic rings. The van der Waals surface area contributed by atoms with Crippen LogP contribution in [0.1, 0.15) is 47.0 Å². The number of nitrogens with zero attached hydrogens (tertiary/aromatic N) is 4. The molecular formula is C11H20N4O4. The largest absolute Gasteiger partial charge is 0.511 e. The second-order valence-electron chi connectivity index (χ2n) is 5.00. The van der Waals surface area contributed by atoms with E-state index in [1.807, 2.05) is 6.92 Å². The molecule has 0 unspecified atom stereocenters. The van der Waals surface area contributed by atoms with Gasteiger partial charge in [0, 0.05) is 0 Å². The molecule has 0 spiro atoms. The van der Waals surface area contributed by atoms with E-state index in [0.717, 1.165) is 6.42 Å². The average Bonchev–Trinajstić information content (AvgIpc) is 2.25. The first-order valence-electron chi connectivity index (χ1n) is 6.03. The molecule has 0 aliphatic carbocycles. The summed E-state index contributed by atoms with van der Waals surface area (Å²) in [5.41, 5.74) is 7.66. The van der Waals surface area contributed by atoms with Gasteiger partial charge in [0.05, 0.1) is 0 Å². The number of carbonyl (C=O) groups excluding carboxylic acids is 1. The first kappa shape index (κ1) is 17.1. The van der Waals surface area contributed by atoms with Gasteiger partial charge in [-0.15, -0.1) is 10.5 Å². The fourth-order valence-corrected chi connectivity index (χ4v) is 1.33. The number of rotatable bonds is 6. The lowest BCUT2D eigenvalue weighted by molar-refractivity contribution is -0.143. The van der Waals surface area contributed by atoms with E-state index in [0.29, 0.717) is 11.4 Å². The number of hydrogen-bond donors (Lipinski definition) is 1. The smallest absolute Gasteiger partial charge is 0.478 e. The summed E-state index contributed by atoms with van der Waals surface area (Å²) in [6.45, 7) is 6.81. The lowest BCUT2D eigenvalue weighted by Crippen LogP contribution is -2.43. The van der Waals surface area contributed by atoms with Crippen molar-refractivity contribution < 1.29 is 19.4 Å². The van der Waals surface area contributed by atoms with E-state index in [1.54, 1.807) is 20.8 Å². The highest BCUT2D eigenvalue weighted by Gasteiger charge is 2.36. The van der Waals surface area contributed by atoms with Crippen LogP contribution in [0.5, 0.6) is 0 Å². The van der Waals surface area contributed by atoms with Gasteiger partial charge in [-0.25, -0.2) is 4.79 Å². The summed E-state index contributed by atoms with van der Waals surface area (Å²) < 4.78 is 5.02. The van der Waals surface area contributed by atoms with Gasteiger partial charge in [-0.1, -0.05) is 13.3 Å². The van der Waals surface area contributed by atoms with Crippen LogP contribution < -0.4 is 0 Å². The molecule has 19 heavy (non-hydrogen) atoms. The Balaban J connectivity index is 5.08. The zero-order valence-electron chi connectivity index (χ0n) is 11.7. The Hall–Kier alpha value is -1.95. The number of azide groups is 1. The molecule has 0 saturated heterocycles. The van der Waals surface area contributed by atoms with Gasteiger partial charge in [-0.3, -0.25) is 0 Å². The Labute approximate surface area is 111 Å². The van der Waals surface area contributed by atoms with E-state index in [-0.39, 0.29) is 6.42 Å². The summed E-state index contributed by atoms with van der Waals surface area (Å²) in [6.07, 6.45) is 0.595. The first-order valence-corrected chi connectivity index (χ1v) is 6.03. The maximum atomic E-state index is 11.8. The van der Waals surface area contributed by atoms with Crippen molar-refractivity contribution in [3.8, 4) is 0 Å². The number of ether oxygens (including phenoxy) is 1. The highest BCUT2D eigenvalue weighted by atomic mass is 16.6. The topological polar surface area (TPSA) is 116 Å². The highest BCUT2D eigenvalue weighted by molar-refractivity contribution is 5.79. The van der Waals surface area contributed by atoms with Gasteiger partial charge >= 0.3 is 12.1 Å². The van der Waals surface area contributed by atoms with E-state index < -0.39 is 23.7 Å². The van der Waals surface area contributed by atoms with Crippen molar-refractivity contribution in [3.63, 3.8) is 0 Å². The molecular weight excluding hydrogens is 252 g/mol. The Morgan fingerprint density at radius 2 is 2.05 bits per heavy atom. The normalized spacial score (nSPS) is 12.2. The van der Waals surface area contributed by atoms with Crippen molar-refractivity contribution in [2.75, 3.05) is 0 Å². The molecule has 0 radical (unpaired) electrons. The average molecular weight is 272 g/mol. The molecule has 0 aromatic carbocycles. The molecule has 0 fully saturated rings. The summed E-state index contributed by atoms with van der Waals surface area (Å²) in [7, 11) is 0. The van der Waals surface area contributed by atoms with Crippen LogP contribution in [0.3, 0.4) is 0 Å². The van der Waals surface area contributed by atoms with E-state index in [9.17, 15) is 9.59 Å². The standard InChI is InChI=1S/C11H20N4O4/c1-5-6-7-8(9(16)17)15(14-13-12)10(18)19-11(2,3)4/h8H,5-7H2,1-4H3,(H,16,17)/t8-/m0/s1. The van der Waals surface area contributed by atoms with Gasteiger partial charge in [-0.05, 0) is 38.8 Å². The fourth-order valence-electron chi connectivity index (χ4n) is 1.33. The predicted octanol–water partition coefficient (Wildman–Crippen LogP) is 3.09. The van der Waals surface area contributed by atoms with Gasteiger partial charge in [0.2, 0.25) is 6.04 Å². The maximum Gasteiger partial charge on any atom is 0.511 e. The Morgan fingerprint density at radius 1 is 1.47 bits per heavy atom. The van der Waals surface area contributed by atoms with Crippen LogP contribution in [0.2, 0.25) is 0 Å². The van der Waals surface area contributed by atoms with Crippen LogP contribution in [0.25, 0.3) is 10.4 Å². The molecule has 1 amide bonds. The van der Waals surface area contributed by atoms with Crippen molar-refractivity contribution in [1.29, 1.82) is 0 Å². The Bertz CT molecular complexity index is 371. The summed E-state index contributed by atoms with van der Waals surface area (Å²) in [5, 5.41) is 12.8. The third-order valence-electron chi connectivity index (χ3n) is 2.13. The minimum absolute atomic E-state index is 0.199. The van der Waals surface area contributed by atoms with Crippen LogP contribution in [-0.4, -0.2) is 33.8 Å². The minimum Gasteiger partial charge on any atom is -0.478 e. The summed E-state index contributed by atoms with van der Waals surface area (Å²) >= 11 is 0. The molecule has 8 nitrogen and oxygen atoms in total. The molecule has 0 bridgehead atoms. The first-order chi connectivity index (χ1) is 8.72. The molecule has 1 N–H and O–H groups in total. The van der Waals surface area contributed by atoms with Crippen molar-refractivity contribution in [3.05, 3.63) is 10.4 Å². The number of carboxylic acids is 1. The minimum atomic E-state index is -1.23. The number of aliphatic carboxylic acids is 1. The molecule has 1 atom stereocenters. The monoisotopic (exact) mass is 272 g/mol. The molecule has 0 aromatic heterocycles. The van der Waals surface area contributed by atoms with Crippen LogP contribution in [0, 0.1) is 0 Å². The van der Waals surface area contributed by atoms with E-state index >= 15 is 0 Å². The molecule has 8 heteroatoms. The maximum absolute atomic E-state index is 11.8. The molecule has 0 aromatic rings. The van der Waals surface area contributed by atoms with Crippen molar-refractivity contribution in [2.45, 2.75) is 58.6 Å². The number of unbranched alkanes of at least 4 members (excludes halogenated alkanes) is 1. The molecule has 0 aliphatic heterocycles. The second-order valence-corrected chi connectivity index (χ2v) is 5.00. The second kappa shape index (κ2) is 7.48. The van der Waals surface area contributed by atoms with Gasteiger partial charge in [0.1, 0.15) is 5.60 Å². The van der Waals surface area contributed by atoms with Crippen LogP contribution in [0.15, 0.2) is 5.22 Å². The molecule has 0 heterocycles. The van der Waals surface area contributed by atoms with Gasteiger partial charge in [0.15, 0.2) is 0 Å². The van der Waals surface area contributed by atoms with E-state index in [4.69, 9.17) is 15.4 Å². The SMILES string of the molecule is CCCC[C@@H](C(=O)O)N(N=[N+]=[N-])C(=O)OC(C)(C)C. The lowest BCUT2D eigenvalue weighted by atomic mass is 10.1. The number of carbonyl (C=O) groups is 2. The predicted molar refractivity (Wildman–Crippen MR) is 68.2 cm³/mol. The van der Waals surface area contributed by atoms with Crippen LogP contribution >= 0.6 is 0 Å². The highest BCUT2D eigenvalue weighted by Crippen LogP contribution is 2.16. The van der Waals surface area contributed by atoms with Crippen molar-refractivity contribution in [1.82, 2.24) is 5.01 Å². The van der Waals surface area contributed by atoms with Crippen LogP contribution in [-0.2, 0) is 9.53 Å². The fraction of sp³-hybridized carbons (Fsp3) is 0.818. The zero-order chi connectivity index (χ0) is 15.1. The van der Waals surface area contributed by atoms with Gasteiger partial charge < -0.3 is 9.84 Å². The van der Waals surface area contributed by atoms with Gasteiger partial charge in [0.25, 0.3) is 0 Å². The number of hydrogen-bond acceptors (Lipinski definition) is 4. The third-order valence-corrected chi connectivity index (χ3v) is 2.13. The zero-order valence-corrected chi connectivity index (χ0v) is 11.7. The quantitative estimate of drug-likeness (QED) is 0.346. The molecule has 108 valence electrons. The summed E-state index contributed by atoms with van der Waals surface area (Å²) in [6, 6.07) is -1.22. The summed E-state index contributed by atoms with van der Waals surface area (Å²) in [5.74, 6) is -1.23. The molecule has 0 saturated carbocycles. The Morgan fingerprint density at radius 3 is 2.42 bits per heavy atom. The van der Waals surface area contributed by atoms with E-state index in [2.05, 4.69) is 10.1 Å². The van der Waals surface area contributed by atoms with E-state index in [1.165, 1.54) is 0 Å². The van der Waals surface area contributed by atoms with Crippen molar-refractivity contribution in [2.24, 2.45) is 5.22 Å². The lowest BCUT2D eigenvalue weighted by Gasteiger charge is -2.24. The van der Waals surface area contributed by atoms with Gasteiger partial charge in [-0.2, -0.15) is 9.71 Å². The third kappa shape index (κ3) is 6.52. The Kier molecular flexibility index (Phi) is 6.71. The molecule has 0 rings (SSSR count). The van der Waals surface area contributed by atoms with Crippen LogP contribution in [0.4, 0.5) is 4.79 Å². The number of amides is 1.